The predicted molar refractivity (Wildman–Crippen MR) is 54.2 cm³/mol. The molecule has 1 fully saturated rings. The third-order valence-electron chi connectivity index (χ3n) is 3.71. The summed E-state index contributed by atoms with van der Waals surface area (Å²) in [5, 5.41) is 0. The molecule has 3 rings (SSSR count). The minimum atomic E-state index is 0.735. The van der Waals surface area contributed by atoms with Crippen molar-refractivity contribution in [2.24, 2.45) is 23.7 Å². The van der Waals surface area contributed by atoms with Crippen molar-refractivity contribution in [3.63, 3.8) is 0 Å². The summed E-state index contributed by atoms with van der Waals surface area (Å²) in [4.78, 5) is 0.735. The van der Waals surface area contributed by atoms with Gasteiger partial charge in [0.1, 0.15) is 0 Å². The normalized spacial score (nSPS) is 54.6. The average molecular weight is 225 g/mol. The molecule has 0 aromatic rings. The van der Waals surface area contributed by atoms with Gasteiger partial charge in [-0.05, 0) is 36.5 Å². The van der Waals surface area contributed by atoms with E-state index in [1.54, 1.807) is 0 Å². The summed E-state index contributed by atoms with van der Waals surface area (Å²) in [6.07, 6.45) is 12.5. The van der Waals surface area contributed by atoms with E-state index < -0.39 is 0 Å². The summed E-state index contributed by atoms with van der Waals surface area (Å²) >= 11 is 3.79. The van der Waals surface area contributed by atoms with Crippen LogP contribution in [-0.2, 0) is 0 Å². The van der Waals surface area contributed by atoms with Crippen molar-refractivity contribution in [2.45, 2.75) is 17.7 Å². The zero-order valence-corrected chi connectivity index (χ0v) is 8.57. The average Bonchev–Trinajstić information content (AvgIpc) is 2.50. The molecule has 0 radical (unpaired) electrons. The number of fused-ring (bicyclic) bond motifs is 1. The second kappa shape index (κ2) is 2.47. The molecule has 0 heterocycles. The number of alkyl halides is 1. The molecule has 0 aromatic heterocycles. The first-order valence-corrected chi connectivity index (χ1v) is 5.77. The zero-order chi connectivity index (χ0) is 8.13. The second-order valence-electron chi connectivity index (χ2n) is 4.33. The molecule has 5 atom stereocenters. The van der Waals surface area contributed by atoms with E-state index in [9.17, 15) is 0 Å². The Morgan fingerprint density at radius 1 is 0.917 bits per heavy atom. The van der Waals surface area contributed by atoms with Gasteiger partial charge in [0.05, 0.1) is 0 Å². The fraction of sp³-hybridized carbons (Fsp3) is 0.636. The Morgan fingerprint density at radius 3 is 2.50 bits per heavy atom. The first kappa shape index (κ1) is 7.37. The minimum absolute atomic E-state index is 0.735. The number of hydrogen-bond donors (Lipinski definition) is 0. The van der Waals surface area contributed by atoms with Crippen LogP contribution in [0, 0.1) is 23.7 Å². The Morgan fingerprint density at radius 2 is 1.67 bits per heavy atom. The van der Waals surface area contributed by atoms with E-state index in [1.807, 2.05) is 0 Å². The molecule has 0 aliphatic heterocycles. The smallest absolute Gasteiger partial charge is 0.0214 e. The van der Waals surface area contributed by atoms with Crippen LogP contribution in [0.3, 0.4) is 0 Å². The summed E-state index contributed by atoms with van der Waals surface area (Å²) in [6.45, 7) is 0. The minimum Gasteiger partial charge on any atom is -0.0884 e. The fourth-order valence-corrected chi connectivity index (χ4v) is 3.82. The first-order valence-electron chi connectivity index (χ1n) is 4.85. The fourth-order valence-electron chi connectivity index (χ4n) is 3.00. The molecule has 0 saturated heterocycles. The van der Waals surface area contributed by atoms with Crippen LogP contribution in [0.5, 0.6) is 0 Å². The lowest BCUT2D eigenvalue weighted by Crippen LogP contribution is -2.33. The summed E-state index contributed by atoms with van der Waals surface area (Å²) in [6, 6.07) is 0. The highest BCUT2D eigenvalue weighted by Crippen LogP contribution is 2.49. The van der Waals surface area contributed by atoms with E-state index in [0.29, 0.717) is 0 Å². The van der Waals surface area contributed by atoms with Gasteiger partial charge in [-0.2, -0.15) is 0 Å². The molecule has 2 bridgehead atoms. The van der Waals surface area contributed by atoms with Crippen LogP contribution in [0.15, 0.2) is 24.3 Å². The number of halogens is 1. The van der Waals surface area contributed by atoms with E-state index in [4.69, 9.17) is 0 Å². The van der Waals surface area contributed by atoms with Crippen LogP contribution in [0.1, 0.15) is 12.8 Å². The number of hydrogen-bond acceptors (Lipinski definition) is 0. The van der Waals surface area contributed by atoms with Crippen LogP contribution in [0.25, 0.3) is 0 Å². The topological polar surface area (TPSA) is 0 Å². The van der Waals surface area contributed by atoms with Crippen LogP contribution >= 0.6 is 15.9 Å². The predicted octanol–water partition coefficient (Wildman–Crippen LogP) is 3.15. The molecule has 64 valence electrons. The molecule has 0 aromatic carbocycles. The second-order valence-corrected chi connectivity index (χ2v) is 5.50. The van der Waals surface area contributed by atoms with Gasteiger partial charge in [-0.3, -0.25) is 0 Å². The standard InChI is InChI=1S/C11H13Br/c12-11-6-8-3-1-7-2-4-9(11)5-10(7)8/h1-4,7-11H,5-6H2/t7-,8+,9-,10-,11+/m0/s1. The Bertz CT molecular complexity index is 254. The van der Waals surface area contributed by atoms with E-state index in [-0.39, 0.29) is 0 Å². The highest BCUT2D eigenvalue weighted by Gasteiger charge is 2.41. The monoisotopic (exact) mass is 224 g/mol. The Kier molecular flexibility index (Phi) is 1.52. The lowest BCUT2D eigenvalue weighted by Gasteiger charge is -2.39. The SMILES string of the molecule is Br[C@@H]1C[C@H]2C=C[C@H]3C=C[C@H]1C[C@@H]32. The van der Waals surface area contributed by atoms with Gasteiger partial charge < -0.3 is 0 Å². The zero-order valence-electron chi connectivity index (χ0n) is 6.99. The van der Waals surface area contributed by atoms with Crippen LogP contribution < -0.4 is 0 Å². The molecule has 0 N–H and O–H groups in total. The molecule has 0 unspecified atom stereocenters. The van der Waals surface area contributed by atoms with E-state index in [2.05, 4.69) is 40.2 Å². The number of rotatable bonds is 0. The Balaban J connectivity index is 2.00. The van der Waals surface area contributed by atoms with Gasteiger partial charge in [-0.1, -0.05) is 40.2 Å². The molecular weight excluding hydrogens is 212 g/mol. The van der Waals surface area contributed by atoms with E-state index >= 15 is 0 Å². The summed E-state index contributed by atoms with van der Waals surface area (Å²) in [5.41, 5.74) is 0. The van der Waals surface area contributed by atoms with Crippen LogP contribution in [0.4, 0.5) is 0 Å². The van der Waals surface area contributed by atoms with Gasteiger partial charge in [0.25, 0.3) is 0 Å². The van der Waals surface area contributed by atoms with Crippen molar-refractivity contribution in [3.8, 4) is 0 Å². The summed E-state index contributed by atoms with van der Waals surface area (Å²) in [5.74, 6) is 3.43. The lowest BCUT2D eigenvalue weighted by atomic mass is 9.69. The third kappa shape index (κ3) is 0.891. The molecule has 0 spiro atoms. The molecule has 1 heteroatoms. The first-order chi connectivity index (χ1) is 5.84. The van der Waals surface area contributed by atoms with Crippen molar-refractivity contribution in [3.05, 3.63) is 24.3 Å². The lowest BCUT2D eigenvalue weighted by molar-refractivity contribution is 0.226. The molecule has 3 aliphatic carbocycles. The largest absolute Gasteiger partial charge is 0.0884 e. The molecular formula is C11H13Br. The number of allylic oxidation sites excluding steroid dienone is 4. The maximum atomic E-state index is 3.79. The molecule has 12 heavy (non-hydrogen) atoms. The maximum Gasteiger partial charge on any atom is 0.0214 e. The van der Waals surface area contributed by atoms with Crippen molar-refractivity contribution < 1.29 is 0 Å². The molecule has 3 aliphatic rings. The van der Waals surface area contributed by atoms with E-state index in [0.717, 1.165) is 28.5 Å². The van der Waals surface area contributed by atoms with Crippen molar-refractivity contribution in [1.82, 2.24) is 0 Å². The van der Waals surface area contributed by atoms with Gasteiger partial charge >= 0.3 is 0 Å². The molecule has 0 amide bonds. The quantitative estimate of drug-likeness (QED) is 0.439. The highest BCUT2D eigenvalue weighted by atomic mass is 79.9. The summed E-state index contributed by atoms with van der Waals surface area (Å²) in [7, 11) is 0. The third-order valence-corrected chi connectivity index (χ3v) is 4.76. The van der Waals surface area contributed by atoms with Crippen molar-refractivity contribution >= 4 is 15.9 Å². The Labute approximate surface area is 81.9 Å². The van der Waals surface area contributed by atoms with Gasteiger partial charge in [0, 0.05) is 4.83 Å². The summed E-state index contributed by atoms with van der Waals surface area (Å²) < 4.78 is 0. The molecule has 0 nitrogen and oxygen atoms in total. The van der Waals surface area contributed by atoms with Gasteiger partial charge in [0.15, 0.2) is 0 Å². The van der Waals surface area contributed by atoms with Crippen LogP contribution in [0.2, 0.25) is 0 Å². The molecule has 1 saturated carbocycles. The van der Waals surface area contributed by atoms with E-state index in [1.165, 1.54) is 12.8 Å². The van der Waals surface area contributed by atoms with Gasteiger partial charge in [0.2, 0.25) is 0 Å². The van der Waals surface area contributed by atoms with Crippen molar-refractivity contribution in [1.29, 1.82) is 0 Å². The van der Waals surface area contributed by atoms with Gasteiger partial charge in [-0.25, -0.2) is 0 Å². The highest BCUT2D eigenvalue weighted by molar-refractivity contribution is 9.09. The van der Waals surface area contributed by atoms with Crippen LogP contribution in [-0.4, -0.2) is 4.83 Å². The van der Waals surface area contributed by atoms with Crippen molar-refractivity contribution in [2.75, 3.05) is 0 Å². The van der Waals surface area contributed by atoms with Gasteiger partial charge in [-0.15, -0.1) is 0 Å². The maximum absolute atomic E-state index is 3.79. The Hall–Kier alpha value is -0.0400.